The Labute approximate surface area is 477 Å². The molecule has 0 spiro atoms. The van der Waals surface area contributed by atoms with Crippen molar-refractivity contribution in [3.63, 3.8) is 0 Å². The highest BCUT2D eigenvalue weighted by Crippen LogP contribution is 2.44. The summed E-state index contributed by atoms with van der Waals surface area (Å²) in [7, 11) is 0. The molecule has 3 aromatic heterocycles. The van der Waals surface area contributed by atoms with Crippen LogP contribution in [-0.2, 0) is 10.8 Å². The van der Waals surface area contributed by atoms with Crippen LogP contribution in [0.5, 0.6) is 11.5 Å². The standard InChI is InChI=1S/C74H75F2N4O/c1-44(2)48-30-49(45(3)4)32-50(31-48)64-37-54(74(12,13)14)38-65(51-33-55(75)40-56(76)34-51)72(64)79-43-78(67-24-17-18-25-68(67)79)57-35-52(71-60(46(5)6)21-19-22-61(71)47(7)8)36-59(41-57)81-58-26-27-63-62-20-15-16-23-66(62)80(69(63)42-58)70-39-53(28-29-77-70)73(9,10)11/h15-47H,1-14H3/q+1. The van der Waals surface area contributed by atoms with Crippen molar-refractivity contribution in [2.24, 2.45) is 0 Å². The molecule has 81 heavy (non-hydrogen) atoms. The fourth-order valence-electron chi connectivity index (χ4n) is 11.7. The first kappa shape index (κ1) is 54.8. The lowest BCUT2D eigenvalue weighted by Crippen LogP contribution is -2.31. The van der Waals surface area contributed by atoms with E-state index in [-0.39, 0.29) is 34.5 Å². The van der Waals surface area contributed by atoms with E-state index < -0.39 is 11.6 Å². The van der Waals surface area contributed by atoms with Crippen molar-refractivity contribution in [3.05, 3.63) is 221 Å². The van der Waals surface area contributed by atoms with Crippen LogP contribution in [0.1, 0.15) is 154 Å². The lowest BCUT2D eigenvalue weighted by molar-refractivity contribution is -0.566. The van der Waals surface area contributed by atoms with Crippen molar-refractivity contribution in [1.82, 2.24) is 14.1 Å². The van der Waals surface area contributed by atoms with Gasteiger partial charge in [0.15, 0.2) is 11.0 Å². The minimum Gasteiger partial charge on any atom is -0.457 e. The van der Waals surface area contributed by atoms with E-state index in [1.165, 1.54) is 45.5 Å². The number of imidazole rings is 1. The summed E-state index contributed by atoms with van der Waals surface area (Å²) in [5.74, 6) is 1.95. The van der Waals surface area contributed by atoms with Crippen LogP contribution in [0.15, 0.2) is 176 Å². The van der Waals surface area contributed by atoms with Crippen LogP contribution >= 0.6 is 0 Å². The number of pyridine rings is 1. The van der Waals surface area contributed by atoms with Crippen LogP contribution < -0.4 is 9.30 Å². The van der Waals surface area contributed by atoms with Crippen molar-refractivity contribution in [2.45, 2.75) is 131 Å². The van der Waals surface area contributed by atoms with E-state index >= 15 is 8.78 Å². The third-order valence-electron chi connectivity index (χ3n) is 16.2. The summed E-state index contributed by atoms with van der Waals surface area (Å²) in [5.41, 5.74) is 17.9. The quantitative estimate of drug-likeness (QED) is 0.114. The highest BCUT2D eigenvalue weighted by molar-refractivity contribution is 6.09. The molecule has 0 aliphatic carbocycles. The molecule has 7 heteroatoms. The molecule has 0 radical (unpaired) electrons. The van der Waals surface area contributed by atoms with E-state index in [4.69, 9.17) is 9.72 Å². The summed E-state index contributed by atoms with van der Waals surface area (Å²) in [6, 6.07) is 56.2. The molecule has 11 rings (SSSR count). The first-order chi connectivity index (χ1) is 38.5. The maximum Gasteiger partial charge on any atom is 0.255 e. The number of hydrogen-bond acceptors (Lipinski definition) is 2. The fourth-order valence-corrected chi connectivity index (χ4v) is 11.7. The maximum absolute atomic E-state index is 15.7. The molecule has 8 aromatic carbocycles. The summed E-state index contributed by atoms with van der Waals surface area (Å²) >= 11 is 0. The van der Waals surface area contributed by atoms with Gasteiger partial charge in [0, 0.05) is 46.3 Å². The summed E-state index contributed by atoms with van der Waals surface area (Å²) in [6.07, 6.45) is 4.06. The van der Waals surface area contributed by atoms with E-state index in [1.54, 1.807) is 0 Å². The average Bonchev–Trinajstić information content (AvgIpc) is 4.24. The van der Waals surface area contributed by atoms with Gasteiger partial charge in [-0.2, -0.15) is 9.13 Å². The van der Waals surface area contributed by atoms with Crippen molar-refractivity contribution < 1.29 is 18.1 Å². The van der Waals surface area contributed by atoms with Gasteiger partial charge in [-0.1, -0.05) is 164 Å². The predicted molar refractivity (Wildman–Crippen MR) is 333 cm³/mol. The molecule has 0 unspecified atom stereocenters. The third kappa shape index (κ3) is 10.5. The van der Waals surface area contributed by atoms with Crippen LogP contribution in [0.2, 0.25) is 0 Å². The van der Waals surface area contributed by atoms with Gasteiger partial charge in [-0.05, 0) is 169 Å². The number of benzene rings is 8. The van der Waals surface area contributed by atoms with Crippen LogP contribution in [0.3, 0.4) is 0 Å². The third-order valence-corrected chi connectivity index (χ3v) is 16.2. The van der Waals surface area contributed by atoms with E-state index in [0.29, 0.717) is 17.1 Å². The van der Waals surface area contributed by atoms with Gasteiger partial charge in [0.1, 0.15) is 40.3 Å². The molecular weight excluding hydrogens is 999 g/mol. The van der Waals surface area contributed by atoms with E-state index in [2.05, 4.69) is 263 Å². The van der Waals surface area contributed by atoms with Crippen LogP contribution in [0.25, 0.3) is 83.4 Å². The Kier molecular flexibility index (Phi) is 14.2. The Balaban J connectivity index is 1.19. The normalized spacial score (nSPS) is 12.4. The van der Waals surface area contributed by atoms with Crippen molar-refractivity contribution in [3.8, 4) is 62.1 Å². The number of rotatable bonds is 12. The van der Waals surface area contributed by atoms with Gasteiger partial charge in [0.2, 0.25) is 0 Å². The number of hydrogen-bond donors (Lipinski definition) is 0. The lowest BCUT2D eigenvalue weighted by atomic mass is 9.81. The first-order valence-electron chi connectivity index (χ1n) is 28.8. The summed E-state index contributed by atoms with van der Waals surface area (Å²) in [4.78, 5) is 4.97. The summed E-state index contributed by atoms with van der Waals surface area (Å²) < 4.78 is 45.4. The number of fused-ring (bicyclic) bond motifs is 4. The maximum atomic E-state index is 15.7. The molecule has 0 bridgehead atoms. The van der Waals surface area contributed by atoms with Gasteiger partial charge in [-0.15, -0.1) is 0 Å². The second-order valence-electron chi connectivity index (χ2n) is 25.5. The Morgan fingerprint density at radius 3 is 1.69 bits per heavy atom. The molecule has 0 N–H and O–H groups in total. The molecule has 0 fully saturated rings. The first-order valence-corrected chi connectivity index (χ1v) is 28.8. The zero-order valence-electron chi connectivity index (χ0n) is 49.5. The minimum absolute atomic E-state index is 0.0689. The van der Waals surface area contributed by atoms with Gasteiger partial charge in [-0.3, -0.25) is 4.57 Å². The fraction of sp³-hybridized carbons (Fsp3) is 0.270. The van der Waals surface area contributed by atoms with Crippen molar-refractivity contribution in [2.75, 3.05) is 0 Å². The van der Waals surface area contributed by atoms with Crippen molar-refractivity contribution >= 4 is 32.8 Å². The van der Waals surface area contributed by atoms with Gasteiger partial charge in [0.05, 0.1) is 11.0 Å². The second-order valence-corrected chi connectivity index (χ2v) is 25.5. The predicted octanol–water partition coefficient (Wildman–Crippen LogP) is 20.6. The van der Waals surface area contributed by atoms with Gasteiger partial charge in [-0.25, -0.2) is 13.8 Å². The lowest BCUT2D eigenvalue weighted by Gasteiger charge is -2.24. The summed E-state index contributed by atoms with van der Waals surface area (Å²) in [6.45, 7) is 31.3. The Morgan fingerprint density at radius 2 is 1.07 bits per heavy atom. The van der Waals surface area contributed by atoms with E-state index in [0.717, 1.165) is 83.9 Å². The van der Waals surface area contributed by atoms with E-state index in [1.807, 2.05) is 6.20 Å². The van der Waals surface area contributed by atoms with Crippen molar-refractivity contribution in [1.29, 1.82) is 0 Å². The highest BCUT2D eigenvalue weighted by Gasteiger charge is 2.30. The number of halogens is 2. The molecule has 0 amide bonds. The Bertz CT molecular complexity index is 4140. The zero-order valence-corrected chi connectivity index (χ0v) is 49.5. The average molecular weight is 1070 g/mol. The molecule has 3 heterocycles. The molecule has 5 nitrogen and oxygen atoms in total. The number of nitrogens with zero attached hydrogens (tertiary/aromatic N) is 4. The monoisotopic (exact) mass is 1070 g/mol. The molecule has 0 saturated carbocycles. The smallest absolute Gasteiger partial charge is 0.255 e. The Morgan fingerprint density at radius 1 is 0.481 bits per heavy atom. The molecular formula is C74H75F2N4O+. The molecule has 0 atom stereocenters. The van der Waals surface area contributed by atoms with Crippen LogP contribution in [0.4, 0.5) is 8.78 Å². The van der Waals surface area contributed by atoms with Crippen LogP contribution in [0, 0.1) is 11.6 Å². The highest BCUT2D eigenvalue weighted by atomic mass is 19.1. The molecule has 11 aromatic rings. The zero-order chi connectivity index (χ0) is 57.4. The summed E-state index contributed by atoms with van der Waals surface area (Å²) in [5, 5.41) is 2.25. The van der Waals surface area contributed by atoms with Crippen LogP contribution in [-0.4, -0.2) is 14.1 Å². The molecule has 0 aliphatic rings. The van der Waals surface area contributed by atoms with Gasteiger partial charge >= 0.3 is 0 Å². The van der Waals surface area contributed by atoms with Gasteiger partial charge in [0.25, 0.3) is 6.33 Å². The second kappa shape index (κ2) is 21.1. The number of ether oxygens (including phenoxy) is 1. The number of para-hydroxylation sites is 3. The minimum atomic E-state index is -0.631. The molecule has 0 saturated heterocycles. The Hall–Kier alpha value is -8.16. The topological polar surface area (TPSA) is 35.9 Å². The number of aromatic nitrogens is 4. The SMILES string of the molecule is CC(C)c1cc(-c2cc(C(C)(C)C)cc(-c3cc(F)cc(F)c3)c2-[n+]2cn(-c3cc(Oc4ccc5c6ccccc6n(-c6cc(C(C)(C)C)ccn6)c5c4)cc(-c4c(C(C)C)cccc4C(C)C)c3)c3ccccc32)cc(C(C)C)c1. The molecule has 0 aliphatic heterocycles. The van der Waals surface area contributed by atoms with E-state index in [9.17, 15) is 0 Å². The largest absolute Gasteiger partial charge is 0.457 e. The molecule has 410 valence electrons. The van der Waals surface area contributed by atoms with Gasteiger partial charge < -0.3 is 4.74 Å².